The van der Waals surface area contributed by atoms with Crippen LogP contribution in [0, 0.1) is 6.92 Å². The normalized spacial score (nSPS) is 11.3. The van der Waals surface area contributed by atoms with Gasteiger partial charge in [-0.1, -0.05) is 12.1 Å². The van der Waals surface area contributed by atoms with Crippen molar-refractivity contribution in [2.45, 2.75) is 13.1 Å². The maximum absolute atomic E-state index is 12.7. The number of rotatable bonds is 2. The molecule has 0 aliphatic carbocycles. The Morgan fingerprint density at radius 3 is 2.48 bits per heavy atom. The average Bonchev–Trinajstić information content (AvgIpc) is 2.45. The fourth-order valence-corrected chi connectivity index (χ4v) is 1.90. The van der Waals surface area contributed by atoms with Crippen LogP contribution < -0.4 is 0 Å². The Morgan fingerprint density at radius 1 is 1.19 bits per heavy atom. The van der Waals surface area contributed by atoms with E-state index in [0.717, 1.165) is 12.1 Å². The van der Waals surface area contributed by atoms with E-state index in [0.29, 0.717) is 17.0 Å². The van der Waals surface area contributed by atoms with Crippen molar-refractivity contribution in [3.8, 4) is 11.3 Å². The van der Waals surface area contributed by atoms with Gasteiger partial charge in [0.2, 0.25) is 0 Å². The van der Waals surface area contributed by atoms with E-state index >= 15 is 0 Å². The number of pyridine rings is 1. The van der Waals surface area contributed by atoms with Gasteiger partial charge in [-0.2, -0.15) is 13.2 Å². The first-order chi connectivity index (χ1) is 9.82. The molecule has 3 nitrogen and oxygen atoms in total. The molecule has 6 heteroatoms. The van der Waals surface area contributed by atoms with Crippen LogP contribution in [0.2, 0.25) is 0 Å². The number of alkyl halides is 3. The van der Waals surface area contributed by atoms with Crippen molar-refractivity contribution < 1.29 is 22.7 Å². The van der Waals surface area contributed by atoms with Crippen LogP contribution in [0.4, 0.5) is 13.2 Å². The highest BCUT2D eigenvalue weighted by Gasteiger charge is 2.30. The third-order valence-corrected chi connectivity index (χ3v) is 2.98. The third-order valence-electron chi connectivity index (χ3n) is 2.98. The molecular formula is C15H12F3NO2. The largest absolute Gasteiger partial charge is 0.465 e. The van der Waals surface area contributed by atoms with Gasteiger partial charge in [0.15, 0.2) is 0 Å². The zero-order valence-corrected chi connectivity index (χ0v) is 11.4. The first-order valence-electron chi connectivity index (χ1n) is 6.06. The minimum absolute atomic E-state index is 0.285. The fourth-order valence-electron chi connectivity index (χ4n) is 1.90. The SMILES string of the molecule is COC(=O)c1ccc(-c2cccc(C(F)(F)F)c2)nc1C. The van der Waals surface area contributed by atoms with Crippen LogP contribution in [0.5, 0.6) is 0 Å². The first kappa shape index (κ1) is 15.0. The zero-order valence-electron chi connectivity index (χ0n) is 11.4. The fraction of sp³-hybridized carbons (Fsp3) is 0.200. The van der Waals surface area contributed by atoms with E-state index in [1.165, 1.54) is 31.4 Å². The number of benzene rings is 1. The molecule has 21 heavy (non-hydrogen) atoms. The second-order valence-electron chi connectivity index (χ2n) is 4.40. The minimum Gasteiger partial charge on any atom is -0.465 e. The van der Waals surface area contributed by atoms with E-state index in [1.54, 1.807) is 6.92 Å². The van der Waals surface area contributed by atoms with Crippen molar-refractivity contribution in [3.63, 3.8) is 0 Å². The van der Waals surface area contributed by atoms with Crippen LogP contribution >= 0.6 is 0 Å². The molecule has 1 aromatic carbocycles. The summed E-state index contributed by atoms with van der Waals surface area (Å²) in [6.45, 7) is 1.60. The monoisotopic (exact) mass is 295 g/mol. The number of aryl methyl sites for hydroxylation is 1. The van der Waals surface area contributed by atoms with Crippen molar-refractivity contribution in [1.29, 1.82) is 0 Å². The molecule has 0 spiro atoms. The summed E-state index contributed by atoms with van der Waals surface area (Å²) >= 11 is 0. The Balaban J connectivity index is 2.44. The van der Waals surface area contributed by atoms with Gasteiger partial charge in [-0.15, -0.1) is 0 Å². The van der Waals surface area contributed by atoms with Gasteiger partial charge >= 0.3 is 12.1 Å². The predicted octanol–water partition coefficient (Wildman–Crippen LogP) is 3.86. The van der Waals surface area contributed by atoms with Crippen molar-refractivity contribution in [2.24, 2.45) is 0 Å². The van der Waals surface area contributed by atoms with Crippen LogP contribution in [0.3, 0.4) is 0 Å². The molecule has 0 bridgehead atoms. The van der Waals surface area contributed by atoms with Gasteiger partial charge in [0.05, 0.1) is 29.6 Å². The lowest BCUT2D eigenvalue weighted by molar-refractivity contribution is -0.137. The molecule has 0 saturated heterocycles. The molecule has 0 aliphatic heterocycles. The maximum Gasteiger partial charge on any atom is 0.416 e. The number of methoxy groups -OCH3 is 1. The Kier molecular flexibility index (Phi) is 3.97. The molecule has 2 aromatic rings. The van der Waals surface area contributed by atoms with Gasteiger partial charge in [0, 0.05) is 5.56 Å². The summed E-state index contributed by atoms with van der Waals surface area (Å²) in [6, 6.07) is 7.87. The van der Waals surface area contributed by atoms with E-state index in [-0.39, 0.29) is 5.56 Å². The lowest BCUT2D eigenvalue weighted by atomic mass is 10.1. The third kappa shape index (κ3) is 3.21. The summed E-state index contributed by atoms with van der Waals surface area (Å²) in [4.78, 5) is 15.6. The molecule has 1 aromatic heterocycles. The summed E-state index contributed by atoms with van der Waals surface area (Å²) in [6.07, 6.45) is -4.41. The van der Waals surface area contributed by atoms with Crippen molar-refractivity contribution in [3.05, 3.63) is 53.2 Å². The summed E-state index contributed by atoms with van der Waals surface area (Å²) in [5, 5.41) is 0. The average molecular weight is 295 g/mol. The Hall–Kier alpha value is -2.37. The molecule has 0 radical (unpaired) electrons. The van der Waals surface area contributed by atoms with Gasteiger partial charge in [-0.05, 0) is 31.2 Å². The molecule has 0 unspecified atom stereocenters. The highest BCUT2D eigenvalue weighted by molar-refractivity contribution is 5.90. The van der Waals surface area contributed by atoms with Crippen LogP contribution in [0.15, 0.2) is 36.4 Å². The molecule has 0 amide bonds. The lowest BCUT2D eigenvalue weighted by Crippen LogP contribution is -2.06. The number of carbonyl (C=O) groups excluding carboxylic acids is 1. The second kappa shape index (κ2) is 5.55. The van der Waals surface area contributed by atoms with Gasteiger partial charge in [0.1, 0.15) is 0 Å². The quantitative estimate of drug-likeness (QED) is 0.790. The molecule has 0 N–H and O–H groups in total. The highest BCUT2D eigenvalue weighted by atomic mass is 19.4. The molecule has 0 atom stereocenters. The van der Waals surface area contributed by atoms with Crippen molar-refractivity contribution in [2.75, 3.05) is 7.11 Å². The minimum atomic E-state index is -4.41. The summed E-state index contributed by atoms with van der Waals surface area (Å²) in [7, 11) is 1.25. The van der Waals surface area contributed by atoms with Crippen LogP contribution in [0.1, 0.15) is 21.6 Å². The summed E-state index contributed by atoms with van der Waals surface area (Å²) in [5.41, 5.74) is 0.650. The van der Waals surface area contributed by atoms with Crippen LogP contribution in [-0.2, 0) is 10.9 Å². The Bertz CT molecular complexity index is 681. The smallest absolute Gasteiger partial charge is 0.416 e. The van der Waals surface area contributed by atoms with Crippen molar-refractivity contribution >= 4 is 5.97 Å². The topological polar surface area (TPSA) is 39.2 Å². The number of aromatic nitrogens is 1. The van der Waals surface area contributed by atoms with E-state index in [4.69, 9.17) is 0 Å². The van der Waals surface area contributed by atoms with E-state index in [1.807, 2.05) is 0 Å². The predicted molar refractivity (Wildman–Crippen MR) is 70.8 cm³/mol. The first-order valence-corrected chi connectivity index (χ1v) is 6.06. The van der Waals surface area contributed by atoms with Gasteiger partial charge in [-0.25, -0.2) is 4.79 Å². The summed E-state index contributed by atoms with van der Waals surface area (Å²) in [5.74, 6) is -0.532. The van der Waals surface area contributed by atoms with Crippen LogP contribution in [-0.4, -0.2) is 18.1 Å². The molecule has 0 aliphatic rings. The molecule has 0 saturated carbocycles. The van der Waals surface area contributed by atoms with Gasteiger partial charge < -0.3 is 4.74 Å². The molecule has 1 heterocycles. The highest BCUT2D eigenvalue weighted by Crippen LogP contribution is 2.31. The standard InChI is InChI=1S/C15H12F3NO2/c1-9-12(14(20)21-2)6-7-13(19-9)10-4-3-5-11(8-10)15(16,17)18/h3-8H,1-2H3. The number of ether oxygens (including phenoxy) is 1. The number of carbonyl (C=O) groups is 1. The molecule has 110 valence electrons. The second-order valence-corrected chi connectivity index (χ2v) is 4.40. The van der Waals surface area contributed by atoms with Crippen LogP contribution in [0.25, 0.3) is 11.3 Å². The van der Waals surface area contributed by atoms with Gasteiger partial charge in [-0.3, -0.25) is 4.98 Å². The Labute approximate surface area is 119 Å². The van der Waals surface area contributed by atoms with Crippen molar-refractivity contribution in [1.82, 2.24) is 4.98 Å². The Morgan fingerprint density at radius 2 is 1.90 bits per heavy atom. The number of halogens is 3. The number of nitrogens with zero attached hydrogens (tertiary/aromatic N) is 1. The number of hydrogen-bond donors (Lipinski definition) is 0. The number of hydrogen-bond acceptors (Lipinski definition) is 3. The maximum atomic E-state index is 12.7. The number of esters is 1. The molecule has 2 rings (SSSR count). The lowest BCUT2D eigenvalue weighted by Gasteiger charge is -2.10. The van der Waals surface area contributed by atoms with E-state index in [2.05, 4.69) is 9.72 Å². The zero-order chi connectivity index (χ0) is 15.6. The molecular weight excluding hydrogens is 283 g/mol. The summed E-state index contributed by atoms with van der Waals surface area (Å²) < 4.78 is 42.7. The van der Waals surface area contributed by atoms with E-state index < -0.39 is 17.7 Å². The van der Waals surface area contributed by atoms with E-state index in [9.17, 15) is 18.0 Å². The molecule has 0 fully saturated rings. The van der Waals surface area contributed by atoms with Gasteiger partial charge in [0.25, 0.3) is 0 Å².